The van der Waals surface area contributed by atoms with Crippen molar-refractivity contribution >= 4 is 18.0 Å². The van der Waals surface area contributed by atoms with E-state index in [-0.39, 0.29) is 0 Å². The van der Waals surface area contributed by atoms with Gasteiger partial charge in [0, 0.05) is 19.0 Å². The normalized spacial score (nSPS) is 15.3. The zero-order valence-electron chi connectivity index (χ0n) is 14.2. The van der Waals surface area contributed by atoms with Crippen molar-refractivity contribution in [2.75, 3.05) is 44.7 Å². The van der Waals surface area contributed by atoms with Crippen LogP contribution < -0.4 is 10.2 Å². The summed E-state index contributed by atoms with van der Waals surface area (Å²) in [6, 6.07) is 12.0. The van der Waals surface area contributed by atoms with Gasteiger partial charge >= 0.3 is 0 Å². The van der Waals surface area contributed by atoms with Crippen molar-refractivity contribution in [1.29, 1.82) is 5.26 Å². The first kappa shape index (κ1) is 17.2. The first-order chi connectivity index (χ1) is 12.3. The van der Waals surface area contributed by atoms with Gasteiger partial charge in [0.15, 0.2) is 0 Å². The Morgan fingerprint density at radius 1 is 1.20 bits per heavy atom. The molecule has 1 aromatic heterocycles. The monoisotopic (exact) mass is 339 g/mol. The fraction of sp³-hybridized carbons (Fsp3) is 0.368. The molecule has 1 aliphatic heterocycles. The van der Waals surface area contributed by atoms with E-state index in [0.29, 0.717) is 17.5 Å². The van der Waals surface area contributed by atoms with E-state index in [1.165, 1.54) is 0 Å². The van der Waals surface area contributed by atoms with E-state index in [0.717, 1.165) is 51.4 Å². The van der Waals surface area contributed by atoms with Gasteiger partial charge in [0.05, 0.1) is 19.8 Å². The van der Waals surface area contributed by atoms with Crippen LogP contribution in [0.25, 0.3) is 12.2 Å². The lowest BCUT2D eigenvalue weighted by Crippen LogP contribution is -3.14. The number of hydrogen-bond donors (Lipinski definition) is 2. The molecular weight excluding hydrogens is 316 g/mol. The zero-order chi connectivity index (χ0) is 17.3. The van der Waals surface area contributed by atoms with Gasteiger partial charge in [-0.15, -0.1) is 0 Å². The highest BCUT2D eigenvalue weighted by Crippen LogP contribution is 2.18. The molecule has 0 spiro atoms. The summed E-state index contributed by atoms with van der Waals surface area (Å²) in [6.45, 7) is 5.69. The second kappa shape index (κ2) is 9.02. The fourth-order valence-electron chi connectivity index (χ4n) is 2.79. The Morgan fingerprint density at radius 2 is 2.00 bits per heavy atom. The van der Waals surface area contributed by atoms with Gasteiger partial charge in [-0.3, -0.25) is 0 Å². The lowest BCUT2D eigenvalue weighted by Gasteiger charge is -2.23. The van der Waals surface area contributed by atoms with E-state index in [4.69, 9.17) is 9.15 Å². The number of nitrogens with zero attached hydrogens (tertiary/aromatic N) is 2. The SMILES string of the molecule is N#Cc1nc(/C=C/c2ccccc2)oc1NCCC[NH+]1CCOCC1. The van der Waals surface area contributed by atoms with Crippen LogP contribution in [0.2, 0.25) is 0 Å². The number of quaternary nitrogens is 1. The molecule has 0 saturated carbocycles. The van der Waals surface area contributed by atoms with Gasteiger partial charge in [-0.2, -0.15) is 10.2 Å². The number of oxazole rings is 1. The zero-order valence-corrected chi connectivity index (χ0v) is 14.2. The van der Waals surface area contributed by atoms with Crippen LogP contribution in [0.5, 0.6) is 0 Å². The summed E-state index contributed by atoms with van der Waals surface area (Å²) in [4.78, 5) is 5.78. The standard InChI is InChI=1S/C19H22N4O2/c20-15-17-19(21-9-4-10-23-11-13-24-14-12-23)25-18(22-17)8-7-16-5-2-1-3-6-16/h1-3,5-8,21H,4,9-14H2/p+1/b8-7+. The Balaban J connectivity index is 1.52. The van der Waals surface area contributed by atoms with Crippen molar-refractivity contribution in [1.82, 2.24) is 4.98 Å². The molecule has 6 heteroatoms. The van der Waals surface area contributed by atoms with Gasteiger partial charge in [-0.05, 0) is 11.6 Å². The molecule has 1 fully saturated rings. The first-order valence-corrected chi connectivity index (χ1v) is 8.64. The second-order valence-corrected chi connectivity index (χ2v) is 5.98. The topological polar surface area (TPSA) is 75.5 Å². The number of morpholine rings is 1. The van der Waals surface area contributed by atoms with E-state index in [1.54, 1.807) is 11.0 Å². The van der Waals surface area contributed by atoms with Crippen LogP contribution in [0, 0.1) is 11.3 Å². The number of hydrogen-bond acceptors (Lipinski definition) is 5. The highest BCUT2D eigenvalue weighted by molar-refractivity contribution is 5.67. The molecule has 1 aliphatic rings. The van der Waals surface area contributed by atoms with Crippen LogP contribution in [0.15, 0.2) is 34.7 Å². The van der Waals surface area contributed by atoms with E-state index >= 15 is 0 Å². The number of aromatic nitrogens is 1. The van der Waals surface area contributed by atoms with Crippen LogP contribution in [-0.2, 0) is 4.74 Å². The quantitative estimate of drug-likeness (QED) is 0.747. The molecule has 0 amide bonds. The predicted molar refractivity (Wildman–Crippen MR) is 96.1 cm³/mol. The molecule has 6 nitrogen and oxygen atoms in total. The van der Waals surface area contributed by atoms with Gasteiger partial charge in [-0.1, -0.05) is 30.3 Å². The summed E-state index contributed by atoms with van der Waals surface area (Å²) >= 11 is 0. The van der Waals surface area contributed by atoms with Crippen molar-refractivity contribution in [3.8, 4) is 6.07 Å². The third-order valence-electron chi connectivity index (χ3n) is 4.16. The minimum Gasteiger partial charge on any atom is -0.420 e. The second-order valence-electron chi connectivity index (χ2n) is 5.98. The summed E-state index contributed by atoms with van der Waals surface area (Å²) in [6.07, 6.45) is 4.70. The third kappa shape index (κ3) is 5.18. The Labute approximate surface area is 147 Å². The Morgan fingerprint density at radius 3 is 2.76 bits per heavy atom. The predicted octanol–water partition coefficient (Wildman–Crippen LogP) is 1.43. The molecule has 3 rings (SSSR count). The molecule has 0 aliphatic carbocycles. The number of benzene rings is 1. The number of rotatable bonds is 7. The fourth-order valence-corrected chi connectivity index (χ4v) is 2.79. The molecule has 0 unspecified atom stereocenters. The van der Waals surface area contributed by atoms with Gasteiger partial charge < -0.3 is 19.4 Å². The van der Waals surface area contributed by atoms with Crippen LogP contribution in [0.1, 0.15) is 23.6 Å². The van der Waals surface area contributed by atoms with Crippen LogP contribution >= 0.6 is 0 Å². The largest absolute Gasteiger partial charge is 0.420 e. The van der Waals surface area contributed by atoms with Crippen molar-refractivity contribution in [3.63, 3.8) is 0 Å². The first-order valence-electron chi connectivity index (χ1n) is 8.64. The lowest BCUT2D eigenvalue weighted by molar-refractivity contribution is -0.908. The number of ether oxygens (including phenoxy) is 1. The van der Waals surface area contributed by atoms with Crippen LogP contribution in [-0.4, -0.2) is 44.4 Å². The Bertz CT molecular complexity index is 728. The summed E-state index contributed by atoms with van der Waals surface area (Å²) in [5.74, 6) is 0.883. The van der Waals surface area contributed by atoms with Gasteiger partial charge in [0.25, 0.3) is 0 Å². The summed E-state index contributed by atoms with van der Waals surface area (Å²) in [5.41, 5.74) is 1.36. The van der Waals surface area contributed by atoms with Crippen molar-refractivity contribution < 1.29 is 14.1 Å². The van der Waals surface area contributed by atoms with E-state index in [1.807, 2.05) is 36.4 Å². The van der Waals surface area contributed by atoms with E-state index in [2.05, 4.69) is 16.4 Å². The highest BCUT2D eigenvalue weighted by atomic mass is 16.5. The Kier molecular flexibility index (Phi) is 6.21. The van der Waals surface area contributed by atoms with Gasteiger partial charge in [-0.25, -0.2) is 0 Å². The van der Waals surface area contributed by atoms with Gasteiger partial charge in [0.2, 0.25) is 17.5 Å². The van der Waals surface area contributed by atoms with E-state index in [9.17, 15) is 5.26 Å². The van der Waals surface area contributed by atoms with Crippen molar-refractivity contribution in [2.24, 2.45) is 0 Å². The third-order valence-corrected chi connectivity index (χ3v) is 4.16. The molecule has 0 radical (unpaired) electrons. The minimum absolute atomic E-state index is 0.298. The Hall–Kier alpha value is -2.62. The van der Waals surface area contributed by atoms with E-state index < -0.39 is 0 Å². The highest BCUT2D eigenvalue weighted by Gasteiger charge is 2.14. The molecule has 2 aromatic rings. The lowest BCUT2D eigenvalue weighted by atomic mass is 10.2. The molecule has 0 atom stereocenters. The molecule has 0 bridgehead atoms. The molecular formula is C19H23N4O2+. The number of nitriles is 1. The maximum atomic E-state index is 9.22. The van der Waals surface area contributed by atoms with Gasteiger partial charge in [0.1, 0.15) is 19.2 Å². The van der Waals surface area contributed by atoms with Crippen LogP contribution in [0.4, 0.5) is 5.88 Å². The molecule has 130 valence electrons. The smallest absolute Gasteiger partial charge is 0.232 e. The molecule has 2 N–H and O–H groups in total. The molecule has 1 saturated heterocycles. The maximum Gasteiger partial charge on any atom is 0.232 e. The maximum absolute atomic E-state index is 9.22. The number of anilines is 1. The molecule has 2 heterocycles. The summed E-state index contributed by atoms with van der Waals surface area (Å²) < 4.78 is 11.0. The van der Waals surface area contributed by atoms with Crippen LogP contribution in [0.3, 0.4) is 0 Å². The van der Waals surface area contributed by atoms with Crippen molar-refractivity contribution in [2.45, 2.75) is 6.42 Å². The summed E-state index contributed by atoms with van der Waals surface area (Å²) in [5, 5.41) is 12.4. The average molecular weight is 339 g/mol. The van der Waals surface area contributed by atoms with Crippen molar-refractivity contribution in [3.05, 3.63) is 47.5 Å². The minimum atomic E-state index is 0.298. The summed E-state index contributed by atoms with van der Waals surface area (Å²) in [7, 11) is 0. The molecule has 1 aromatic carbocycles. The average Bonchev–Trinajstić information content (AvgIpc) is 3.07. The molecule has 25 heavy (non-hydrogen) atoms. The number of nitrogens with one attached hydrogen (secondary N) is 2.